The van der Waals surface area contributed by atoms with E-state index in [1.807, 2.05) is 0 Å². The summed E-state index contributed by atoms with van der Waals surface area (Å²) in [6, 6.07) is 7.54. The molecule has 1 atom stereocenters. The van der Waals surface area contributed by atoms with Crippen molar-refractivity contribution >= 4 is 23.6 Å². The van der Waals surface area contributed by atoms with Crippen molar-refractivity contribution in [2.75, 3.05) is 12.4 Å². The third-order valence-electron chi connectivity index (χ3n) is 5.72. The highest BCUT2D eigenvalue weighted by Gasteiger charge is 2.31. The Kier molecular flexibility index (Phi) is 7.50. The lowest BCUT2D eigenvalue weighted by atomic mass is 9.96. The van der Waals surface area contributed by atoms with E-state index in [9.17, 15) is 19.5 Å². The molecule has 32 heavy (non-hydrogen) atoms. The second-order valence-electron chi connectivity index (χ2n) is 8.53. The fourth-order valence-electron chi connectivity index (χ4n) is 4.03. The van der Waals surface area contributed by atoms with Crippen LogP contribution >= 0.6 is 0 Å². The Morgan fingerprint density at radius 1 is 1.12 bits per heavy atom. The molecule has 3 amide bonds. The van der Waals surface area contributed by atoms with Gasteiger partial charge >= 0.3 is 12.0 Å². The van der Waals surface area contributed by atoms with E-state index in [-0.39, 0.29) is 23.8 Å². The Balaban J connectivity index is 1.62. The summed E-state index contributed by atoms with van der Waals surface area (Å²) in [5, 5.41) is 19.2. The normalized spacial score (nSPS) is 15.2. The minimum atomic E-state index is -1.08. The van der Waals surface area contributed by atoms with E-state index in [0.717, 1.165) is 30.6 Å². The zero-order chi connectivity index (χ0) is 23.3. The lowest BCUT2D eigenvalue weighted by molar-refractivity contribution is -0.143. The number of carbonyl (C=O) groups is 3. The Hall–Kier alpha value is -3.36. The highest BCUT2D eigenvalue weighted by Crippen LogP contribution is 2.23. The predicted octanol–water partition coefficient (Wildman–Crippen LogP) is 3.98. The molecule has 1 heterocycles. The largest absolute Gasteiger partial charge is 0.480 e. The van der Waals surface area contributed by atoms with Gasteiger partial charge in [-0.25, -0.2) is 9.59 Å². The molecule has 0 spiro atoms. The Labute approximate surface area is 187 Å². The molecule has 9 nitrogen and oxygen atoms in total. The average Bonchev–Trinajstić information content (AvgIpc) is 3.24. The molecular formula is C23H30N4O5. The van der Waals surface area contributed by atoms with Crippen molar-refractivity contribution in [2.24, 2.45) is 5.92 Å². The molecule has 0 aliphatic heterocycles. The summed E-state index contributed by atoms with van der Waals surface area (Å²) < 4.78 is 5.18. The number of amides is 3. The average molecular weight is 443 g/mol. The number of anilines is 1. The van der Waals surface area contributed by atoms with Crippen LogP contribution in [0.4, 0.5) is 10.5 Å². The van der Waals surface area contributed by atoms with Gasteiger partial charge in [-0.15, -0.1) is 0 Å². The third-order valence-corrected chi connectivity index (χ3v) is 5.72. The zero-order valence-electron chi connectivity index (χ0n) is 18.6. The first-order chi connectivity index (χ1) is 15.3. The van der Waals surface area contributed by atoms with Crippen LogP contribution in [0.5, 0.6) is 0 Å². The van der Waals surface area contributed by atoms with Gasteiger partial charge < -0.3 is 25.2 Å². The number of carboxylic acid groups (broad SMARTS) is 1. The number of carbonyl (C=O) groups excluding carboxylic acids is 2. The van der Waals surface area contributed by atoms with Crippen molar-refractivity contribution in [3.63, 3.8) is 0 Å². The smallest absolute Gasteiger partial charge is 0.326 e. The van der Waals surface area contributed by atoms with Crippen LogP contribution < -0.4 is 10.6 Å². The van der Waals surface area contributed by atoms with Crippen LogP contribution in [0.15, 0.2) is 34.9 Å². The molecule has 1 fully saturated rings. The van der Waals surface area contributed by atoms with E-state index in [2.05, 4.69) is 15.8 Å². The number of nitrogens with one attached hydrogen (secondary N) is 2. The van der Waals surface area contributed by atoms with Gasteiger partial charge in [0.1, 0.15) is 11.7 Å². The predicted molar refractivity (Wildman–Crippen MR) is 119 cm³/mol. The molecule has 1 aliphatic rings. The summed E-state index contributed by atoms with van der Waals surface area (Å²) in [6.45, 7) is 3.47. The number of aliphatic carboxylic acids is 1. The molecule has 2 aromatic rings. The number of nitrogens with zero attached hydrogens (tertiary/aromatic N) is 2. The fourth-order valence-corrected chi connectivity index (χ4v) is 4.03. The lowest BCUT2D eigenvalue weighted by Gasteiger charge is -2.26. The molecule has 0 unspecified atom stereocenters. The van der Waals surface area contributed by atoms with Crippen LogP contribution in [0.2, 0.25) is 0 Å². The van der Waals surface area contributed by atoms with Gasteiger partial charge in [0.05, 0.1) is 0 Å². The van der Waals surface area contributed by atoms with Crippen LogP contribution in [0.1, 0.15) is 56.5 Å². The van der Waals surface area contributed by atoms with Gasteiger partial charge in [-0.1, -0.05) is 50.4 Å². The van der Waals surface area contributed by atoms with Crippen molar-refractivity contribution in [1.29, 1.82) is 0 Å². The summed E-state index contributed by atoms with van der Waals surface area (Å²) in [7, 11) is 1.43. The molecule has 3 rings (SSSR count). The quantitative estimate of drug-likeness (QED) is 0.596. The highest BCUT2D eigenvalue weighted by molar-refractivity contribution is 5.95. The van der Waals surface area contributed by atoms with Crippen LogP contribution in [-0.4, -0.2) is 52.2 Å². The Morgan fingerprint density at radius 2 is 1.78 bits per heavy atom. The third kappa shape index (κ3) is 5.66. The maximum absolute atomic E-state index is 12.7. The zero-order valence-corrected chi connectivity index (χ0v) is 18.6. The molecule has 1 aromatic heterocycles. The fraction of sp³-hybridized carbons (Fsp3) is 0.478. The first kappa shape index (κ1) is 23.3. The summed E-state index contributed by atoms with van der Waals surface area (Å²) in [5.74, 6) is -1.93. The number of aromatic nitrogens is 1. The molecule has 1 saturated carbocycles. The molecule has 0 bridgehead atoms. The van der Waals surface area contributed by atoms with E-state index >= 15 is 0 Å². The first-order valence-electron chi connectivity index (χ1n) is 10.9. The minimum absolute atomic E-state index is 0.0385. The molecule has 172 valence electrons. The number of likely N-dealkylation sites (N-methyl/N-ethyl adjacent to an activating group) is 1. The molecule has 1 aliphatic carbocycles. The molecule has 1 aromatic carbocycles. The van der Waals surface area contributed by atoms with Gasteiger partial charge in [-0.3, -0.25) is 4.79 Å². The van der Waals surface area contributed by atoms with E-state index in [1.54, 1.807) is 38.1 Å². The van der Waals surface area contributed by atoms with Crippen LogP contribution in [0.3, 0.4) is 0 Å². The van der Waals surface area contributed by atoms with E-state index in [4.69, 9.17) is 4.52 Å². The van der Waals surface area contributed by atoms with Crippen LogP contribution in [0.25, 0.3) is 11.3 Å². The Morgan fingerprint density at radius 3 is 2.38 bits per heavy atom. The van der Waals surface area contributed by atoms with Crippen molar-refractivity contribution in [3.05, 3.63) is 36.1 Å². The summed E-state index contributed by atoms with van der Waals surface area (Å²) in [6.07, 6.45) is 5.54. The second-order valence-corrected chi connectivity index (χ2v) is 8.53. The SMILES string of the molecule is CC(C)[C@@H](C(=O)O)N(C)C(=O)c1cc(-c2ccc(NC(=O)NC3CCCCC3)cc2)no1. The maximum Gasteiger partial charge on any atom is 0.326 e. The molecule has 9 heteroatoms. The van der Waals surface area contributed by atoms with Crippen molar-refractivity contribution in [3.8, 4) is 11.3 Å². The molecule has 3 N–H and O–H groups in total. The van der Waals surface area contributed by atoms with Gasteiger partial charge in [0.2, 0.25) is 5.76 Å². The monoisotopic (exact) mass is 442 g/mol. The van der Waals surface area contributed by atoms with Crippen molar-refractivity contribution in [1.82, 2.24) is 15.4 Å². The standard InChI is InChI=1S/C23H30N4O5/c1-14(2)20(22(29)30)27(3)21(28)19-13-18(26-32-19)15-9-11-17(12-10-15)25-23(31)24-16-7-5-4-6-8-16/h9-14,16,20H,4-8H2,1-3H3,(H,29,30)(H2,24,25,31)/t20-/m0/s1. The summed E-state index contributed by atoms with van der Waals surface area (Å²) in [4.78, 5) is 37.5. The number of hydrogen-bond acceptors (Lipinski definition) is 5. The maximum atomic E-state index is 12.7. The number of benzene rings is 1. The van der Waals surface area contributed by atoms with Gasteiger partial charge in [0, 0.05) is 30.4 Å². The Bertz CT molecular complexity index is 948. The lowest BCUT2D eigenvalue weighted by Crippen LogP contribution is -2.45. The van der Waals surface area contributed by atoms with Gasteiger partial charge in [0.15, 0.2) is 0 Å². The molecule has 0 saturated heterocycles. The highest BCUT2D eigenvalue weighted by atomic mass is 16.5. The van der Waals surface area contributed by atoms with Gasteiger partial charge in [-0.05, 0) is 30.9 Å². The summed E-state index contributed by atoms with van der Waals surface area (Å²) in [5.41, 5.74) is 1.78. The van der Waals surface area contributed by atoms with Crippen LogP contribution in [0, 0.1) is 5.92 Å². The van der Waals surface area contributed by atoms with E-state index in [1.165, 1.54) is 19.5 Å². The van der Waals surface area contributed by atoms with Crippen molar-refractivity contribution in [2.45, 2.75) is 58.0 Å². The second kappa shape index (κ2) is 10.3. The van der Waals surface area contributed by atoms with E-state index < -0.39 is 17.9 Å². The summed E-state index contributed by atoms with van der Waals surface area (Å²) >= 11 is 0. The van der Waals surface area contributed by atoms with Gasteiger partial charge in [0.25, 0.3) is 5.91 Å². The number of rotatable bonds is 7. The topological polar surface area (TPSA) is 125 Å². The van der Waals surface area contributed by atoms with E-state index in [0.29, 0.717) is 16.9 Å². The first-order valence-corrected chi connectivity index (χ1v) is 10.9. The van der Waals surface area contributed by atoms with Gasteiger partial charge in [-0.2, -0.15) is 0 Å². The minimum Gasteiger partial charge on any atom is -0.480 e. The number of carboxylic acids is 1. The van der Waals surface area contributed by atoms with Crippen LogP contribution in [-0.2, 0) is 4.79 Å². The number of hydrogen-bond donors (Lipinski definition) is 3. The number of urea groups is 1. The van der Waals surface area contributed by atoms with Crippen molar-refractivity contribution < 1.29 is 24.0 Å². The molecular weight excluding hydrogens is 412 g/mol. The molecule has 0 radical (unpaired) electrons.